The summed E-state index contributed by atoms with van der Waals surface area (Å²) in [7, 11) is 0. The van der Waals surface area contributed by atoms with Crippen LogP contribution < -0.4 is 5.73 Å². The van der Waals surface area contributed by atoms with Crippen LogP contribution in [-0.4, -0.2) is 17.6 Å². The highest BCUT2D eigenvalue weighted by Crippen LogP contribution is 2.35. The molecule has 0 unspecified atom stereocenters. The van der Waals surface area contributed by atoms with Crippen molar-refractivity contribution in [3.63, 3.8) is 0 Å². The SMILES string of the molecule is C#CCOC(=O)c1sc(N)nc1C(F)(F)F. The summed E-state index contributed by atoms with van der Waals surface area (Å²) in [5.74, 6) is 0.781. The quantitative estimate of drug-likeness (QED) is 0.638. The smallest absolute Gasteiger partial charge is 0.435 e. The molecule has 8 heteroatoms. The number of rotatable bonds is 2. The van der Waals surface area contributed by atoms with Crippen LogP contribution in [0.1, 0.15) is 15.4 Å². The Morgan fingerprint density at radius 1 is 1.62 bits per heavy atom. The first-order chi connectivity index (χ1) is 7.36. The number of alkyl halides is 3. The maximum atomic E-state index is 12.4. The van der Waals surface area contributed by atoms with Gasteiger partial charge >= 0.3 is 12.1 Å². The summed E-state index contributed by atoms with van der Waals surface area (Å²) in [5.41, 5.74) is 3.75. The van der Waals surface area contributed by atoms with Crippen molar-refractivity contribution in [3.8, 4) is 12.3 Å². The molecule has 0 bridgehead atoms. The van der Waals surface area contributed by atoms with Crippen molar-refractivity contribution in [2.24, 2.45) is 0 Å². The second-order valence-corrected chi connectivity index (χ2v) is 3.54. The lowest BCUT2D eigenvalue weighted by Crippen LogP contribution is -2.13. The summed E-state index contributed by atoms with van der Waals surface area (Å²) < 4.78 is 41.5. The van der Waals surface area contributed by atoms with Crippen LogP contribution in [0.4, 0.5) is 18.3 Å². The number of hydrogen-bond acceptors (Lipinski definition) is 5. The molecule has 1 heterocycles. The zero-order valence-corrected chi connectivity index (χ0v) is 8.48. The summed E-state index contributed by atoms with van der Waals surface area (Å²) in [6, 6.07) is 0. The summed E-state index contributed by atoms with van der Waals surface area (Å²) >= 11 is 0.403. The van der Waals surface area contributed by atoms with Crippen molar-refractivity contribution in [1.82, 2.24) is 4.98 Å². The summed E-state index contributed by atoms with van der Waals surface area (Å²) in [6.45, 7) is -0.409. The maximum absolute atomic E-state index is 12.4. The van der Waals surface area contributed by atoms with Gasteiger partial charge in [0.15, 0.2) is 17.4 Å². The van der Waals surface area contributed by atoms with E-state index in [1.165, 1.54) is 0 Å². The first-order valence-corrected chi connectivity index (χ1v) is 4.62. The second-order valence-electron chi connectivity index (χ2n) is 2.51. The minimum Gasteiger partial charge on any atom is -0.448 e. The number of nitrogen functional groups attached to an aromatic ring is 1. The Kier molecular flexibility index (Phi) is 3.39. The van der Waals surface area contributed by atoms with Gasteiger partial charge in [-0.2, -0.15) is 13.2 Å². The molecule has 4 nitrogen and oxygen atoms in total. The Balaban J connectivity index is 3.05. The third kappa shape index (κ3) is 2.64. The van der Waals surface area contributed by atoms with E-state index in [4.69, 9.17) is 12.2 Å². The summed E-state index contributed by atoms with van der Waals surface area (Å²) in [6.07, 6.45) is 0.0462. The lowest BCUT2D eigenvalue weighted by atomic mass is 10.3. The van der Waals surface area contributed by atoms with Gasteiger partial charge in [0.05, 0.1) is 0 Å². The number of carbonyl (C=O) groups excluding carboxylic acids is 1. The van der Waals surface area contributed by atoms with Crippen LogP contribution in [0.5, 0.6) is 0 Å². The van der Waals surface area contributed by atoms with Crippen LogP contribution in [0.15, 0.2) is 0 Å². The maximum Gasteiger partial charge on any atom is 0.435 e. The van der Waals surface area contributed by atoms with Crippen LogP contribution in [0.2, 0.25) is 0 Å². The zero-order valence-electron chi connectivity index (χ0n) is 7.67. The van der Waals surface area contributed by atoms with Gasteiger partial charge in [-0.05, 0) is 0 Å². The van der Waals surface area contributed by atoms with E-state index in [1.807, 2.05) is 5.92 Å². The zero-order chi connectivity index (χ0) is 12.3. The molecule has 0 aromatic carbocycles. The number of nitrogens with two attached hydrogens (primary N) is 1. The average Bonchev–Trinajstić information content (AvgIpc) is 2.56. The first-order valence-electron chi connectivity index (χ1n) is 3.80. The third-order valence-electron chi connectivity index (χ3n) is 1.38. The van der Waals surface area contributed by atoms with Gasteiger partial charge < -0.3 is 10.5 Å². The van der Waals surface area contributed by atoms with Crippen molar-refractivity contribution in [2.45, 2.75) is 6.18 Å². The number of carbonyl (C=O) groups is 1. The van der Waals surface area contributed by atoms with Crippen molar-refractivity contribution in [2.75, 3.05) is 12.3 Å². The van der Waals surface area contributed by atoms with Crippen LogP contribution in [-0.2, 0) is 10.9 Å². The van der Waals surface area contributed by atoms with E-state index in [-0.39, 0.29) is 5.13 Å². The Morgan fingerprint density at radius 3 is 2.75 bits per heavy atom. The molecule has 0 saturated heterocycles. The van der Waals surface area contributed by atoms with Gasteiger partial charge in [0.25, 0.3) is 0 Å². The molecule has 0 spiro atoms. The van der Waals surface area contributed by atoms with Gasteiger partial charge in [0, 0.05) is 0 Å². The van der Waals surface area contributed by atoms with Crippen LogP contribution in [0, 0.1) is 12.3 Å². The number of thiazole rings is 1. The molecule has 0 aliphatic carbocycles. The van der Waals surface area contributed by atoms with Crippen LogP contribution >= 0.6 is 11.3 Å². The number of esters is 1. The molecule has 0 saturated carbocycles. The normalized spacial score (nSPS) is 10.9. The van der Waals surface area contributed by atoms with Gasteiger partial charge in [-0.25, -0.2) is 9.78 Å². The fourth-order valence-corrected chi connectivity index (χ4v) is 1.59. The largest absolute Gasteiger partial charge is 0.448 e. The topological polar surface area (TPSA) is 65.2 Å². The molecule has 0 aliphatic rings. The number of terminal acetylenes is 1. The highest BCUT2D eigenvalue weighted by Gasteiger charge is 2.39. The van der Waals surface area contributed by atoms with Crippen LogP contribution in [0.3, 0.4) is 0 Å². The molecule has 1 rings (SSSR count). The predicted octanol–water partition coefficient (Wildman–Crippen LogP) is 1.53. The van der Waals surface area contributed by atoms with Gasteiger partial charge in [-0.1, -0.05) is 17.3 Å². The van der Waals surface area contributed by atoms with Crippen molar-refractivity contribution in [3.05, 3.63) is 10.6 Å². The highest BCUT2D eigenvalue weighted by atomic mass is 32.1. The fraction of sp³-hybridized carbons (Fsp3) is 0.250. The van der Waals surface area contributed by atoms with Crippen molar-refractivity contribution in [1.29, 1.82) is 0 Å². The molecule has 2 N–H and O–H groups in total. The molecular weight excluding hydrogens is 245 g/mol. The lowest BCUT2D eigenvalue weighted by molar-refractivity contribution is -0.141. The van der Waals surface area contributed by atoms with Gasteiger partial charge in [0.1, 0.15) is 4.88 Å². The van der Waals surface area contributed by atoms with E-state index in [1.54, 1.807) is 0 Å². The van der Waals surface area contributed by atoms with Gasteiger partial charge in [-0.15, -0.1) is 6.42 Å². The molecule has 0 radical (unpaired) electrons. The molecular formula is C8H5F3N2O2S. The van der Waals surface area contributed by atoms with E-state index in [9.17, 15) is 18.0 Å². The number of ether oxygens (including phenoxy) is 1. The number of anilines is 1. The number of halogens is 3. The van der Waals surface area contributed by atoms with Gasteiger partial charge in [-0.3, -0.25) is 0 Å². The van der Waals surface area contributed by atoms with Gasteiger partial charge in [0.2, 0.25) is 0 Å². The highest BCUT2D eigenvalue weighted by molar-refractivity contribution is 7.17. The molecule has 0 fully saturated rings. The molecule has 1 aromatic rings. The van der Waals surface area contributed by atoms with E-state index in [2.05, 4.69) is 9.72 Å². The second kappa shape index (κ2) is 4.40. The Labute approximate surface area is 92.2 Å². The minimum absolute atomic E-state index is 0.361. The Bertz CT molecular complexity index is 447. The Hall–Kier alpha value is -1.75. The molecule has 0 aliphatic heterocycles. The Morgan fingerprint density at radius 2 is 2.25 bits per heavy atom. The molecule has 0 atom stereocenters. The summed E-state index contributed by atoms with van der Waals surface area (Å²) in [5, 5.41) is -0.361. The lowest BCUT2D eigenvalue weighted by Gasteiger charge is -2.04. The molecule has 0 amide bonds. The molecule has 16 heavy (non-hydrogen) atoms. The van der Waals surface area contributed by atoms with E-state index in [0.29, 0.717) is 11.3 Å². The standard InChI is InChI=1S/C8H5F3N2O2S/c1-2-3-15-6(14)4-5(8(9,10)11)13-7(12)16-4/h1H,3H2,(H2,12,13). The molecule has 1 aromatic heterocycles. The number of nitrogens with zero attached hydrogens (tertiary/aromatic N) is 1. The fourth-order valence-electron chi connectivity index (χ4n) is 0.840. The predicted molar refractivity (Wildman–Crippen MR) is 50.6 cm³/mol. The molecule has 86 valence electrons. The van der Waals surface area contributed by atoms with E-state index < -0.39 is 29.3 Å². The van der Waals surface area contributed by atoms with E-state index in [0.717, 1.165) is 0 Å². The first kappa shape index (κ1) is 12.3. The summed E-state index contributed by atoms with van der Waals surface area (Å²) in [4.78, 5) is 13.5. The number of aromatic nitrogens is 1. The van der Waals surface area contributed by atoms with Crippen LogP contribution in [0.25, 0.3) is 0 Å². The number of hydrogen-bond donors (Lipinski definition) is 1. The monoisotopic (exact) mass is 250 g/mol. The average molecular weight is 250 g/mol. The van der Waals surface area contributed by atoms with Crippen molar-refractivity contribution < 1.29 is 22.7 Å². The van der Waals surface area contributed by atoms with E-state index >= 15 is 0 Å². The van der Waals surface area contributed by atoms with Crippen molar-refractivity contribution >= 4 is 22.4 Å². The minimum atomic E-state index is -4.75. The third-order valence-corrected chi connectivity index (χ3v) is 2.25.